The fourth-order valence-electron chi connectivity index (χ4n) is 3.92. The predicted octanol–water partition coefficient (Wildman–Crippen LogP) is 4.01. The third kappa shape index (κ3) is 2.33. The first-order chi connectivity index (χ1) is 10.8. The van der Waals surface area contributed by atoms with E-state index in [1.165, 1.54) is 22.3 Å². The number of hydrogen-bond donors (Lipinski definition) is 0. The summed E-state index contributed by atoms with van der Waals surface area (Å²) in [6.07, 6.45) is 3.95. The summed E-state index contributed by atoms with van der Waals surface area (Å²) in [6, 6.07) is 17.2. The molecule has 1 saturated heterocycles. The van der Waals surface area contributed by atoms with Gasteiger partial charge in [-0.2, -0.15) is 0 Å². The van der Waals surface area contributed by atoms with E-state index in [4.69, 9.17) is 0 Å². The fraction of sp³-hybridized carbons (Fsp3) is 0.350. The van der Waals surface area contributed by atoms with Crippen molar-refractivity contribution in [3.8, 4) is 11.1 Å². The standard InChI is InChI=1S/C20H21NO/c22-20(21-11-5-6-12-21)14-16-13-15-7-1-2-8-17(15)19-10-4-3-9-18(16)19/h1-4,7-10,16H,5-6,11-14H2. The minimum atomic E-state index is 0.319. The predicted molar refractivity (Wildman–Crippen MR) is 88.8 cm³/mol. The Kier molecular flexibility index (Phi) is 3.45. The Hall–Kier alpha value is -2.09. The van der Waals surface area contributed by atoms with Gasteiger partial charge < -0.3 is 4.90 Å². The van der Waals surface area contributed by atoms with E-state index in [1.807, 2.05) is 4.90 Å². The monoisotopic (exact) mass is 291 g/mol. The number of nitrogens with zero attached hydrogens (tertiary/aromatic N) is 1. The molecule has 0 spiro atoms. The summed E-state index contributed by atoms with van der Waals surface area (Å²) in [5, 5.41) is 0. The molecule has 2 nitrogen and oxygen atoms in total. The van der Waals surface area contributed by atoms with Crippen LogP contribution in [0.5, 0.6) is 0 Å². The van der Waals surface area contributed by atoms with Gasteiger partial charge in [-0.3, -0.25) is 4.79 Å². The highest BCUT2D eigenvalue weighted by Crippen LogP contribution is 2.41. The van der Waals surface area contributed by atoms with Gasteiger partial charge >= 0.3 is 0 Å². The Morgan fingerprint density at radius 2 is 1.64 bits per heavy atom. The number of fused-ring (bicyclic) bond motifs is 3. The van der Waals surface area contributed by atoms with E-state index in [-0.39, 0.29) is 0 Å². The van der Waals surface area contributed by atoms with E-state index >= 15 is 0 Å². The molecule has 1 atom stereocenters. The van der Waals surface area contributed by atoms with Crippen LogP contribution in [0, 0.1) is 0 Å². The van der Waals surface area contributed by atoms with Crippen LogP contribution in [0.2, 0.25) is 0 Å². The van der Waals surface area contributed by atoms with Crippen LogP contribution < -0.4 is 0 Å². The maximum absolute atomic E-state index is 12.6. The van der Waals surface area contributed by atoms with E-state index in [9.17, 15) is 4.79 Å². The molecule has 1 heterocycles. The highest BCUT2D eigenvalue weighted by Gasteiger charge is 2.28. The van der Waals surface area contributed by atoms with Crippen molar-refractivity contribution < 1.29 is 4.79 Å². The highest BCUT2D eigenvalue weighted by atomic mass is 16.2. The number of likely N-dealkylation sites (tertiary alicyclic amines) is 1. The van der Waals surface area contributed by atoms with E-state index in [2.05, 4.69) is 48.5 Å². The largest absolute Gasteiger partial charge is 0.343 e. The van der Waals surface area contributed by atoms with Crippen LogP contribution in [-0.2, 0) is 11.2 Å². The van der Waals surface area contributed by atoms with Crippen LogP contribution in [0.15, 0.2) is 48.5 Å². The summed E-state index contributed by atoms with van der Waals surface area (Å²) >= 11 is 0. The lowest BCUT2D eigenvalue weighted by Crippen LogP contribution is -2.30. The first kappa shape index (κ1) is 13.6. The molecule has 1 aliphatic carbocycles. The van der Waals surface area contributed by atoms with Crippen molar-refractivity contribution in [2.75, 3.05) is 13.1 Å². The van der Waals surface area contributed by atoms with E-state index in [1.54, 1.807) is 0 Å². The van der Waals surface area contributed by atoms with Crippen LogP contribution in [0.1, 0.15) is 36.3 Å². The zero-order valence-corrected chi connectivity index (χ0v) is 12.8. The molecule has 0 bridgehead atoms. The molecule has 2 aromatic rings. The first-order valence-electron chi connectivity index (χ1n) is 8.28. The maximum atomic E-state index is 12.6. The van der Waals surface area contributed by atoms with E-state index in [0.717, 1.165) is 32.4 Å². The second-order valence-electron chi connectivity index (χ2n) is 6.44. The van der Waals surface area contributed by atoms with E-state index < -0.39 is 0 Å². The van der Waals surface area contributed by atoms with Gasteiger partial charge in [0.1, 0.15) is 0 Å². The number of hydrogen-bond acceptors (Lipinski definition) is 1. The van der Waals surface area contributed by atoms with Crippen molar-refractivity contribution in [3.05, 3.63) is 59.7 Å². The average Bonchev–Trinajstić information content (AvgIpc) is 3.10. The van der Waals surface area contributed by atoms with Gasteiger partial charge in [0, 0.05) is 19.5 Å². The average molecular weight is 291 g/mol. The molecule has 2 heteroatoms. The Morgan fingerprint density at radius 3 is 2.45 bits per heavy atom. The van der Waals surface area contributed by atoms with Crippen molar-refractivity contribution in [1.82, 2.24) is 4.90 Å². The zero-order valence-electron chi connectivity index (χ0n) is 12.8. The lowest BCUT2D eigenvalue weighted by molar-refractivity contribution is -0.130. The normalized spacial score (nSPS) is 19.6. The number of rotatable bonds is 2. The Bertz CT molecular complexity index is 700. The molecule has 1 unspecified atom stereocenters. The van der Waals surface area contributed by atoms with Gasteiger partial charge in [-0.15, -0.1) is 0 Å². The molecule has 1 amide bonds. The van der Waals surface area contributed by atoms with Crippen LogP contribution in [0.25, 0.3) is 11.1 Å². The molecule has 0 radical (unpaired) electrons. The van der Waals surface area contributed by atoms with Crippen LogP contribution >= 0.6 is 0 Å². The van der Waals surface area contributed by atoms with Gasteiger partial charge in [-0.05, 0) is 47.4 Å². The topological polar surface area (TPSA) is 20.3 Å². The molecule has 1 fully saturated rings. The summed E-state index contributed by atoms with van der Waals surface area (Å²) in [7, 11) is 0. The van der Waals surface area contributed by atoms with Gasteiger partial charge in [0.25, 0.3) is 0 Å². The number of carbonyl (C=O) groups is 1. The SMILES string of the molecule is O=C(CC1Cc2ccccc2-c2ccccc21)N1CCCC1. The van der Waals surface area contributed by atoms with Gasteiger partial charge in [0.2, 0.25) is 5.91 Å². The van der Waals surface area contributed by atoms with Gasteiger partial charge in [0.15, 0.2) is 0 Å². The summed E-state index contributed by atoms with van der Waals surface area (Å²) < 4.78 is 0. The quantitative estimate of drug-likeness (QED) is 0.819. The summed E-state index contributed by atoms with van der Waals surface area (Å²) in [5.41, 5.74) is 5.36. The minimum absolute atomic E-state index is 0.319. The second kappa shape index (κ2) is 5.60. The second-order valence-corrected chi connectivity index (χ2v) is 6.44. The van der Waals surface area contributed by atoms with Crippen molar-refractivity contribution in [2.24, 2.45) is 0 Å². The minimum Gasteiger partial charge on any atom is -0.343 e. The van der Waals surface area contributed by atoms with Crippen LogP contribution in [0.3, 0.4) is 0 Å². The zero-order chi connectivity index (χ0) is 14.9. The van der Waals surface area contributed by atoms with E-state index in [0.29, 0.717) is 18.2 Å². The molecule has 0 aromatic heterocycles. The summed E-state index contributed by atoms with van der Waals surface area (Å²) in [4.78, 5) is 14.6. The molecule has 0 saturated carbocycles. The smallest absolute Gasteiger partial charge is 0.223 e. The van der Waals surface area contributed by atoms with Crippen molar-refractivity contribution in [2.45, 2.75) is 31.6 Å². The molecule has 2 aromatic carbocycles. The third-order valence-electron chi connectivity index (χ3n) is 5.05. The van der Waals surface area contributed by atoms with Crippen LogP contribution in [-0.4, -0.2) is 23.9 Å². The number of benzene rings is 2. The lowest BCUT2D eigenvalue weighted by Gasteiger charge is -2.28. The summed E-state index contributed by atoms with van der Waals surface area (Å²) in [6.45, 7) is 1.90. The lowest BCUT2D eigenvalue weighted by atomic mass is 9.77. The highest BCUT2D eigenvalue weighted by molar-refractivity contribution is 5.80. The summed E-state index contributed by atoms with van der Waals surface area (Å²) in [5.74, 6) is 0.649. The number of carbonyl (C=O) groups excluding carboxylic acids is 1. The van der Waals surface area contributed by atoms with Gasteiger partial charge in [-0.1, -0.05) is 48.5 Å². The molecule has 2 aliphatic rings. The van der Waals surface area contributed by atoms with Crippen LogP contribution in [0.4, 0.5) is 0 Å². The Labute approximate surface area is 131 Å². The van der Waals surface area contributed by atoms with Gasteiger partial charge in [0.05, 0.1) is 0 Å². The number of amides is 1. The third-order valence-corrected chi connectivity index (χ3v) is 5.05. The Morgan fingerprint density at radius 1 is 0.955 bits per heavy atom. The molecule has 112 valence electrons. The molecular formula is C20H21NO. The molecule has 22 heavy (non-hydrogen) atoms. The molecule has 1 aliphatic heterocycles. The first-order valence-corrected chi connectivity index (χ1v) is 8.28. The molecule has 4 rings (SSSR count). The Balaban J connectivity index is 1.66. The van der Waals surface area contributed by atoms with Crippen molar-refractivity contribution >= 4 is 5.91 Å². The maximum Gasteiger partial charge on any atom is 0.223 e. The van der Waals surface area contributed by atoms with Crippen molar-refractivity contribution in [3.63, 3.8) is 0 Å². The van der Waals surface area contributed by atoms with Crippen molar-refractivity contribution in [1.29, 1.82) is 0 Å². The molecule has 0 N–H and O–H groups in total. The molecular weight excluding hydrogens is 270 g/mol. The fourth-order valence-corrected chi connectivity index (χ4v) is 3.92. The van der Waals surface area contributed by atoms with Gasteiger partial charge in [-0.25, -0.2) is 0 Å².